The molecule has 2 rings (SSSR count). The molecule has 0 amide bonds. The Hall–Kier alpha value is -1.16. The minimum Gasteiger partial charge on any atom is -0.245 e. The number of aliphatic imine (C=N–C) groups is 1. The summed E-state index contributed by atoms with van der Waals surface area (Å²) in [5.41, 5.74) is 0.764. The van der Waals surface area contributed by atoms with Crippen LogP contribution in [-0.4, -0.2) is 16.8 Å². The monoisotopic (exact) mass is 180 g/mol. The second-order valence-electron chi connectivity index (χ2n) is 2.62. The van der Waals surface area contributed by atoms with Crippen molar-refractivity contribution in [3.8, 4) is 0 Å². The first-order valence-electron chi connectivity index (χ1n) is 3.53. The van der Waals surface area contributed by atoms with Gasteiger partial charge in [0.2, 0.25) is 0 Å². The van der Waals surface area contributed by atoms with Crippen LogP contribution in [0.2, 0.25) is 0 Å². The largest absolute Gasteiger partial charge is 0.245 e. The maximum absolute atomic E-state index is 11.8. The fourth-order valence-electron chi connectivity index (χ4n) is 1.12. The Morgan fingerprint density at radius 3 is 2.83 bits per heavy atom. The molecule has 1 aromatic carbocycles. The minimum atomic E-state index is -2.22. The van der Waals surface area contributed by atoms with E-state index in [0.29, 0.717) is 0 Å². The van der Waals surface area contributed by atoms with Gasteiger partial charge in [0.05, 0.1) is 20.3 Å². The smallest absolute Gasteiger partial charge is 0.126 e. The molecule has 0 aliphatic carbocycles. The Bertz CT molecular complexity index is 456. The predicted molar refractivity (Wildman–Crippen MR) is 49.4 cm³/mol. The van der Waals surface area contributed by atoms with Gasteiger partial charge >= 0.3 is 0 Å². The molecule has 0 spiro atoms. The van der Waals surface area contributed by atoms with Crippen LogP contribution in [0.1, 0.15) is 0 Å². The summed E-state index contributed by atoms with van der Waals surface area (Å²) in [6.45, 7) is 0. The second kappa shape index (κ2) is 2.42. The second-order valence-corrected chi connectivity index (χ2v) is 4.88. The molecule has 4 heteroatoms. The van der Waals surface area contributed by atoms with Crippen molar-refractivity contribution in [2.24, 2.45) is 9.36 Å². The third-order valence-corrected chi connectivity index (χ3v) is 3.38. The quantitative estimate of drug-likeness (QED) is 0.600. The van der Waals surface area contributed by atoms with E-state index >= 15 is 0 Å². The fourth-order valence-corrected chi connectivity index (χ4v) is 2.30. The van der Waals surface area contributed by atoms with E-state index < -0.39 is 9.73 Å². The van der Waals surface area contributed by atoms with Crippen LogP contribution in [0.3, 0.4) is 0 Å². The van der Waals surface area contributed by atoms with Gasteiger partial charge in [0, 0.05) is 6.26 Å². The summed E-state index contributed by atoms with van der Waals surface area (Å²) in [6.07, 6.45) is 2.99. The van der Waals surface area contributed by atoms with Crippen molar-refractivity contribution in [1.82, 2.24) is 0 Å². The van der Waals surface area contributed by atoms with E-state index in [1.54, 1.807) is 12.3 Å². The fraction of sp³-hybridized carbons (Fsp3) is 0.125. The van der Waals surface area contributed by atoms with E-state index in [0.717, 1.165) is 10.6 Å². The number of nitrogens with zero attached hydrogens (tertiary/aromatic N) is 2. The van der Waals surface area contributed by atoms with Gasteiger partial charge in [0.25, 0.3) is 0 Å². The standard InChI is InChI=1S/C8H8N2OS/c1-12(11)8-5-3-2-4-7(8)9-6-10-12/h2-6H,1H3. The maximum Gasteiger partial charge on any atom is 0.126 e. The van der Waals surface area contributed by atoms with Gasteiger partial charge in [-0.2, -0.15) is 4.36 Å². The van der Waals surface area contributed by atoms with E-state index in [4.69, 9.17) is 0 Å². The van der Waals surface area contributed by atoms with Crippen LogP contribution in [0.4, 0.5) is 5.69 Å². The molecule has 0 saturated carbocycles. The first kappa shape index (κ1) is 7.49. The van der Waals surface area contributed by atoms with Gasteiger partial charge < -0.3 is 0 Å². The molecule has 3 nitrogen and oxygen atoms in total. The highest BCUT2D eigenvalue weighted by Crippen LogP contribution is 2.26. The number of fused-ring (bicyclic) bond motifs is 1. The summed E-state index contributed by atoms with van der Waals surface area (Å²) >= 11 is 0. The molecule has 12 heavy (non-hydrogen) atoms. The van der Waals surface area contributed by atoms with E-state index in [2.05, 4.69) is 9.36 Å². The van der Waals surface area contributed by atoms with Gasteiger partial charge in [0.1, 0.15) is 6.34 Å². The summed E-state index contributed by atoms with van der Waals surface area (Å²) in [6, 6.07) is 7.36. The average Bonchev–Trinajstić information content (AvgIpc) is 2.04. The molecule has 0 radical (unpaired) electrons. The van der Waals surface area contributed by atoms with Crippen LogP contribution in [0.15, 0.2) is 38.5 Å². The highest BCUT2D eigenvalue weighted by molar-refractivity contribution is 7.93. The molecule has 1 atom stereocenters. The van der Waals surface area contributed by atoms with E-state index in [-0.39, 0.29) is 0 Å². The minimum absolute atomic E-state index is 0.729. The Kier molecular flexibility index (Phi) is 1.51. The Balaban J connectivity index is 2.83. The third-order valence-electron chi connectivity index (χ3n) is 1.72. The van der Waals surface area contributed by atoms with Crippen molar-refractivity contribution in [3.63, 3.8) is 0 Å². The van der Waals surface area contributed by atoms with E-state index in [9.17, 15) is 4.21 Å². The maximum atomic E-state index is 11.8. The van der Waals surface area contributed by atoms with E-state index in [1.807, 2.05) is 18.2 Å². The topological polar surface area (TPSA) is 41.8 Å². The first-order valence-corrected chi connectivity index (χ1v) is 5.45. The Labute approximate surface area is 71.3 Å². The van der Waals surface area contributed by atoms with Crippen LogP contribution >= 0.6 is 0 Å². The molecule has 0 N–H and O–H groups in total. The molecule has 0 fully saturated rings. The van der Waals surface area contributed by atoms with Crippen LogP contribution in [0, 0.1) is 0 Å². The van der Waals surface area contributed by atoms with Gasteiger partial charge in [-0.3, -0.25) is 0 Å². The molecule has 62 valence electrons. The number of hydrogen-bond acceptors (Lipinski definition) is 3. The molecule has 1 aliphatic heterocycles. The lowest BCUT2D eigenvalue weighted by molar-refractivity contribution is 0.681. The van der Waals surface area contributed by atoms with Crippen LogP contribution in [0.5, 0.6) is 0 Å². The normalized spacial score (nSPS) is 26.1. The Morgan fingerprint density at radius 2 is 2.08 bits per heavy atom. The van der Waals surface area contributed by atoms with Gasteiger partial charge in [-0.05, 0) is 12.1 Å². The van der Waals surface area contributed by atoms with Gasteiger partial charge in [0.15, 0.2) is 0 Å². The van der Waals surface area contributed by atoms with Crippen molar-refractivity contribution in [2.75, 3.05) is 6.26 Å². The first-order chi connectivity index (χ1) is 5.70. The molecular weight excluding hydrogens is 172 g/mol. The van der Waals surface area contributed by atoms with Crippen molar-refractivity contribution in [3.05, 3.63) is 24.3 Å². The SMILES string of the molecule is CS1(=O)=NC=Nc2ccccc21. The van der Waals surface area contributed by atoms with Crippen LogP contribution < -0.4 is 0 Å². The van der Waals surface area contributed by atoms with Gasteiger partial charge in [-0.25, -0.2) is 9.20 Å². The van der Waals surface area contributed by atoms with Crippen LogP contribution in [-0.2, 0) is 9.73 Å². The van der Waals surface area contributed by atoms with Crippen LogP contribution in [0.25, 0.3) is 0 Å². The number of hydrogen-bond donors (Lipinski definition) is 0. The van der Waals surface area contributed by atoms with Crippen molar-refractivity contribution in [2.45, 2.75) is 4.90 Å². The molecular formula is C8H8N2OS. The molecule has 0 aromatic heterocycles. The number of para-hydroxylation sites is 1. The van der Waals surface area contributed by atoms with Gasteiger partial charge in [-0.1, -0.05) is 12.1 Å². The molecule has 0 saturated heterocycles. The number of rotatable bonds is 0. The highest BCUT2D eigenvalue weighted by atomic mass is 32.2. The average molecular weight is 180 g/mol. The lowest BCUT2D eigenvalue weighted by atomic mass is 10.3. The summed E-state index contributed by atoms with van der Waals surface area (Å²) in [5.74, 6) is 0. The van der Waals surface area contributed by atoms with Crippen molar-refractivity contribution in [1.29, 1.82) is 0 Å². The molecule has 0 bridgehead atoms. The van der Waals surface area contributed by atoms with Gasteiger partial charge in [-0.15, -0.1) is 0 Å². The lowest BCUT2D eigenvalue weighted by Crippen LogP contribution is -2.01. The summed E-state index contributed by atoms with van der Waals surface area (Å²) in [4.78, 5) is 4.75. The van der Waals surface area contributed by atoms with E-state index in [1.165, 1.54) is 6.34 Å². The summed E-state index contributed by atoms with van der Waals surface area (Å²) in [7, 11) is -2.22. The summed E-state index contributed by atoms with van der Waals surface area (Å²) < 4.78 is 15.6. The zero-order chi connectivity index (χ0) is 8.60. The molecule has 1 unspecified atom stereocenters. The zero-order valence-corrected chi connectivity index (χ0v) is 7.41. The number of benzene rings is 1. The van der Waals surface area contributed by atoms with Crippen molar-refractivity contribution < 1.29 is 4.21 Å². The highest BCUT2D eigenvalue weighted by Gasteiger charge is 2.12. The molecule has 1 heterocycles. The van der Waals surface area contributed by atoms with Crippen molar-refractivity contribution >= 4 is 21.8 Å². The zero-order valence-electron chi connectivity index (χ0n) is 6.60. The third kappa shape index (κ3) is 1.04. The molecule has 1 aliphatic rings. The Morgan fingerprint density at radius 1 is 1.33 bits per heavy atom. The lowest BCUT2D eigenvalue weighted by Gasteiger charge is -2.09. The predicted octanol–water partition coefficient (Wildman–Crippen LogP) is 1.82. The molecule has 1 aromatic rings. The summed E-state index contributed by atoms with van der Waals surface area (Å²) in [5, 5.41) is 0.